The van der Waals surface area contributed by atoms with Gasteiger partial charge in [0.05, 0.1) is 11.0 Å². The smallest absolute Gasteiger partial charge is 0.138 e. The largest absolute Gasteiger partial charge is 0.399 e. The second-order valence-electron chi connectivity index (χ2n) is 4.93. The number of nitrogen functional groups attached to an aromatic ring is 2. The van der Waals surface area contributed by atoms with E-state index in [1.165, 1.54) is 11.1 Å². The molecule has 0 aliphatic carbocycles. The Hall–Kier alpha value is -2.49. The van der Waals surface area contributed by atoms with E-state index in [2.05, 4.69) is 35.9 Å². The maximum absolute atomic E-state index is 5.82. The average Bonchev–Trinajstić information content (AvgIpc) is 2.71. The number of hydrogen-bond donors (Lipinski definition) is 3. The molecule has 1 aromatic heterocycles. The van der Waals surface area contributed by atoms with Gasteiger partial charge in [0.15, 0.2) is 0 Å². The highest BCUT2D eigenvalue weighted by Gasteiger charge is 2.08. The summed E-state index contributed by atoms with van der Waals surface area (Å²) >= 11 is 0. The van der Waals surface area contributed by atoms with Gasteiger partial charge < -0.3 is 16.5 Å². The number of aryl methyl sites for hydroxylation is 2. The van der Waals surface area contributed by atoms with Crippen molar-refractivity contribution in [3.05, 3.63) is 41.5 Å². The van der Waals surface area contributed by atoms with Crippen LogP contribution < -0.4 is 11.5 Å². The first-order chi connectivity index (χ1) is 9.02. The Bertz CT molecular complexity index is 712. The van der Waals surface area contributed by atoms with Gasteiger partial charge in [0.1, 0.15) is 5.82 Å². The predicted octanol–water partition coefficient (Wildman–Crippen LogP) is 3.01. The zero-order chi connectivity index (χ0) is 13.6. The maximum Gasteiger partial charge on any atom is 0.138 e. The van der Waals surface area contributed by atoms with Gasteiger partial charge in [0.25, 0.3) is 0 Å². The fourth-order valence-corrected chi connectivity index (χ4v) is 2.22. The zero-order valence-corrected chi connectivity index (χ0v) is 11.0. The molecular formula is C15H16N4. The van der Waals surface area contributed by atoms with Gasteiger partial charge >= 0.3 is 0 Å². The molecular weight excluding hydrogens is 236 g/mol. The third-order valence-corrected chi connectivity index (χ3v) is 3.35. The van der Waals surface area contributed by atoms with Gasteiger partial charge in [-0.15, -0.1) is 0 Å². The molecule has 0 amide bonds. The highest BCUT2D eigenvalue weighted by atomic mass is 14.9. The summed E-state index contributed by atoms with van der Waals surface area (Å²) in [7, 11) is 0. The normalized spacial score (nSPS) is 11.1. The molecule has 4 heteroatoms. The van der Waals surface area contributed by atoms with Gasteiger partial charge in [0.2, 0.25) is 0 Å². The number of aromatic nitrogens is 2. The Labute approximate surface area is 111 Å². The fraction of sp³-hybridized carbons (Fsp3) is 0.133. The van der Waals surface area contributed by atoms with Crippen LogP contribution in [0, 0.1) is 13.8 Å². The molecule has 19 heavy (non-hydrogen) atoms. The van der Waals surface area contributed by atoms with E-state index >= 15 is 0 Å². The summed E-state index contributed by atoms with van der Waals surface area (Å²) in [6.07, 6.45) is 0. The third kappa shape index (κ3) is 2.01. The van der Waals surface area contributed by atoms with Crippen LogP contribution in [0.5, 0.6) is 0 Å². The minimum absolute atomic E-state index is 0.641. The first-order valence-corrected chi connectivity index (χ1v) is 6.16. The molecule has 0 aliphatic rings. The fourth-order valence-electron chi connectivity index (χ4n) is 2.22. The van der Waals surface area contributed by atoms with Gasteiger partial charge in [-0.25, -0.2) is 4.98 Å². The molecule has 4 nitrogen and oxygen atoms in total. The van der Waals surface area contributed by atoms with Gasteiger partial charge in [-0.05, 0) is 55.3 Å². The van der Waals surface area contributed by atoms with Crippen molar-refractivity contribution < 1.29 is 0 Å². The molecule has 0 saturated heterocycles. The summed E-state index contributed by atoms with van der Waals surface area (Å²) in [5, 5.41) is 0. The molecule has 0 spiro atoms. The maximum atomic E-state index is 5.82. The van der Waals surface area contributed by atoms with Crippen LogP contribution in [0.4, 0.5) is 11.4 Å². The van der Waals surface area contributed by atoms with Gasteiger partial charge in [-0.2, -0.15) is 0 Å². The van der Waals surface area contributed by atoms with Crippen molar-refractivity contribution in [3.63, 3.8) is 0 Å². The molecule has 1 heterocycles. The van der Waals surface area contributed by atoms with E-state index in [1.54, 1.807) is 6.07 Å². The molecule has 3 rings (SSSR count). The van der Waals surface area contributed by atoms with Gasteiger partial charge in [-0.1, -0.05) is 0 Å². The van der Waals surface area contributed by atoms with Crippen LogP contribution in [0.3, 0.4) is 0 Å². The van der Waals surface area contributed by atoms with Crippen molar-refractivity contribution >= 4 is 22.4 Å². The number of benzene rings is 2. The van der Waals surface area contributed by atoms with Crippen LogP contribution in [0.15, 0.2) is 30.3 Å². The SMILES string of the molecule is Cc1cc2nc(-c3cc(N)cc(N)c3)[nH]c2cc1C. The molecule has 0 unspecified atom stereocenters. The molecule has 2 aromatic carbocycles. The summed E-state index contributed by atoms with van der Waals surface area (Å²) in [4.78, 5) is 7.91. The van der Waals surface area contributed by atoms with E-state index in [0.717, 1.165) is 22.4 Å². The van der Waals surface area contributed by atoms with E-state index in [-0.39, 0.29) is 0 Å². The van der Waals surface area contributed by atoms with E-state index in [4.69, 9.17) is 11.5 Å². The molecule has 0 fully saturated rings. The lowest BCUT2D eigenvalue weighted by Gasteiger charge is -2.01. The molecule has 0 radical (unpaired) electrons. The Morgan fingerprint density at radius 1 is 0.895 bits per heavy atom. The highest BCUT2D eigenvalue weighted by Crippen LogP contribution is 2.26. The number of nitrogens with zero attached hydrogens (tertiary/aromatic N) is 1. The first kappa shape index (κ1) is 11.6. The monoisotopic (exact) mass is 252 g/mol. The van der Waals surface area contributed by atoms with Crippen LogP contribution in [-0.2, 0) is 0 Å². The summed E-state index contributed by atoms with van der Waals surface area (Å²) in [5.41, 5.74) is 18.3. The number of rotatable bonds is 1. The van der Waals surface area contributed by atoms with Crippen LogP contribution in [0.2, 0.25) is 0 Å². The number of nitrogens with one attached hydrogen (secondary N) is 1. The van der Waals surface area contributed by atoms with Gasteiger partial charge in [-0.3, -0.25) is 0 Å². The second-order valence-corrected chi connectivity index (χ2v) is 4.93. The van der Waals surface area contributed by atoms with E-state index < -0.39 is 0 Å². The zero-order valence-electron chi connectivity index (χ0n) is 11.0. The lowest BCUT2D eigenvalue weighted by molar-refractivity contribution is 1.34. The number of H-pyrrole nitrogens is 1. The molecule has 0 atom stereocenters. The van der Waals surface area contributed by atoms with Crippen molar-refractivity contribution in [2.45, 2.75) is 13.8 Å². The number of fused-ring (bicyclic) bond motifs is 1. The first-order valence-electron chi connectivity index (χ1n) is 6.16. The van der Waals surface area contributed by atoms with E-state index in [1.807, 2.05) is 12.1 Å². The Morgan fingerprint density at radius 3 is 2.21 bits per heavy atom. The van der Waals surface area contributed by atoms with Gasteiger partial charge in [0, 0.05) is 16.9 Å². The predicted molar refractivity (Wildman–Crippen MR) is 79.8 cm³/mol. The van der Waals surface area contributed by atoms with Crippen LogP contribution in [0.25, 0.3) is 22.4 Å². The van der Waals surface area contributed by atoms with Crippen molar-refractivity contribution in [1.29, 1.82) is 0 Å². The summed E-state index contributed by atoms with van der Waals surface area (Å²) < 4.78 is 0. The highest BCUT2D eigenvalue weighted by molar-refractivity contribution is 5.82. The molecule has 0 bridgehead atoms. The van der Waals surface area contributed by atoms with Crippen LogP contribution in [-0.4, -0.2) is 9.97 Å². The Morgan fingerprint density at radius 2 is 1.53 bits per heavy atom. The quantitative estimate of drug-likeness (QED) is 0.582. The summed E-state index contributed by atoms with van der Waals surface area (Å²) in [5.74, 6) is 0.791. The number of nitrogens with two attached hydrogens (primary N) is 2. The average molecular weight is 252 g/mol. The minimum Gasteiger partial charge on any atom is -0.399 e. The molecule has 0 saturated carbocycles. The topological polar surface area (TPSA) is 80.7 Å². The molecule has 96 valence electrons. The molecule has 0 aliphatic heterocycles. The van der Waals surface area contributed by atoms with Crippen molar-refractivity contribution in [2.75, 3.05) is 11.5 Å². The number of imidazole rings is 1. The lowest BCUT2D eigenvalue weighted by Crippen LogP contribution is -1.92. The summed E-state index contributed by atoms with van der Waals surface area (Å²) in [6, 6.07) is 9.67. The molecule has 5 N–H and O–H groups in total. The number of aromatic amines is 1. The second kappa shape index (κ2) is 4.02. The van der Waals surface area contributed by atoms with Crippen molar-refractivity contribution in [3.8, 4) is 11.4 Å². The van der Waals surface area contributed by atoms with E-state index in [9.17, 15) is 0 Å². The number of hydrogen-bond acceptors (Lipinski definition) is 3. The number of anilines is 2. The Balaban J connectivity index is 2.20. The standard InChI is InChI=1S/C15H16N4/c1-8-3-13-14(4-9(8)2)19-15(18-13)10-5-11(16)7-12(17)6-10/h3-7H,16-17H2,1-2H3,(H,18,19). The van der Waals surface area contributed by atoms with Crippen LogP contribution >= 0.6 is 0 Å². The van der Waals surface area contributed by atoms with E-state index in [0.29, 0.717) is 11.4 Å². The molecule has 3 aromatic rings. The Kier molecular flexibility index (Phi) is 2.45. The van der Waals surface area contributed by atoms with Crippen molar-refractivity contribution in [1.82, 2.24) is 9.97 Å². The van der Waals surface area contributed by atoms with Crippen LogP contribution in [0.1, 0.15) is 11.1 Å². The lowest BCUT2D eigenvalue weighted by atomic mass is 10.1. The minimum atomic E-state index is 0.641. The summed E-state index contributed by atoms with van der Waals surface area (Å²) in [6.45, 7) is 4.18. The third-order valence-electron chi connectivity index (χ3n) is 3.35. The van der Waals surface area contributed by atoms with Crippen molar-refractivity contribution in [2.24, 2.45) is 0 Å².